The number of benzene rings is 1. The van der Waals surface area contributed by atoms with Crippen LogP contribution in [-0.4, -0.2) is 29.9 Å². The van der Waals surface area contributed by atoms with Crippen LogP contribution >= 0.6 is 22.7 Å². The van der Waals surface area contributed by atoms with E-state index in [1.807, 2.05) is 29.6 Å². The summed E-state index contributed by atoms with van der Waals surface area (Å²) in [6.45, 7) is 1.09. The molecule has 2 heterocycles. The zero-order valence-electron chi connectivity index (χ0n) is 13.7. The highest BCUT2D eigenvalue weighted by Gasteiger charge is 2.07. The highest BCUT2D eigenvalue weighted by atomic mass is 32.1. The Kier molecular flexibility index (Phi) is 6.14. The molecule has 1 aromatic carbocycles. The first-order chi connectivity index (χ1) is 12.2. The van der Waals surface area contributed by atoms with Crippen molar-refractivity contribution in [1.29, 1.82) is 0 Å². The van der Waals surface area contributed by atoms with Crippen LogP contribution < -0.4 is 10.6 Å². The quantitative estimate of drug-likeness (QED) is 0.596. The third-order valence-corrected chi connectivity index (χ3v) is 5.58. The van der Waals surface area contributed by atoms with Gasteiger partial charge < -0.3 is 10.6 Å². The number of carbonyl (C=O) groups is 2. The lowest BCUT2D eigenvalue weighted by molar-refractivity contribution is -0.121. The number of hydrogen-bond donors (Lipinski definition) is 2. The number of rotatable bonds is 8. The number of thiophene rings is 1. The predicted octanol–water partition coefficient (Wildman–Crippen LogP) is 3.23. The van der Waals surface area contributed by atoms with Crippen molar-refractivity contribution < 1.29 is 9.59 Å². The molecule has 7 heteroatoms. The number of nitrogens with zero attached hydrogens (tertiary/aromatic N) is 1. The maximum atomic E-state index is 11.8. The molecule has 2 aromatic heterocycles. The minimum absolute atomic E-state index is 0.00600. The van der Waals surface area contributed by atoms with E-state index in [-0.39, 0.29) is 11.8 Å². The largest absolute Gasteiger partial charge is 0.356 e. The number of amides is 2. The van der Waals surface area contributed by atoms with Gasteiger partial charge in [-0.2, -0.15) is 0 Å². The zero-order valence-corrected chi connectivity index (χ0v) is 15.3. The van der Waals surface area contributed by atoms with E-state index in [2.05, 4.69) is 21.7 Å². The number of hydrogen-bond acceptors (Lipinski definition) is 5. The highest BCUT2D eigenvalue weighted by molar-refractivity contribution is 7.18. The molecule has 0 aliphatic rings. The van der Waals surface area contributed by atoms with Crippen molar-refractivity contribution >= 4 is 44.7 Å². The molecule has 2 N–H and O–H groups in total. The summed E-state index contributed by atoms with van der Waals surface area (Å²) in [6.07, 6.45) is 1.77. The smallest absolute Gasteiger partial charge is 0.261 e. The summed E-state index contributed by atoms with van der Waals surface area (Å²) in [6, 6.07) is 11.7. The first kappa shape index (κ1) is 17.6. The molecule has 0 aliphatic heterocycles. The van der Waals surface area contributed by atoms with Crippen LogP contribution in [0.2, 0.25) is 0 Å². The van der Waals surface area contributed by atoms with Crippen LogP contribution in [0.25, 0.3) is 10.2 Å². The summed E-state index contributed by atoms with van der Waals surface area (Å²) in [7, 11) is 0. The Morgan fingerprint density at radius 1 is 1.04 bits per heavy atom. The Morgan fingerprint density at radius 2 is 1.92 bits per heavy atom. The molecule has 130 valence electrons. The molecule has 0 atom stereocenters. The van der Waals surface area contributed by atoms with Crippen molar-refractivity contribution in [1.82, 2.24) is 15.6 Å². The van der Waals surface area contributed by atoms with Gasteiger partial charge in [0.25, 0.3) is 5.91 Å². The van der Waals surface area contributed by atoms with Gasteiger partial charge in [-0.05, 0) is 30.0 Å². The van der Waals surface area contributed by atoms with Gasteiger partial charge >= 0.3 is 0 Å². The Morgan fingerprint density at radius 3 is 2.72 bits per heavy atom. The topological polar surface area (TPSA) is 71.1 Å². The van der Waals surface area contributed by atoms with Crippen molar-refractivity contribution in [2.45, 2.75) is 19.3 Å². The van der Waals surface area contributed by atoms with E-state index < -0.39 is 0 Å². The molecule has 3 aromatic rings. The molecule has 0 bridgehead atoms. The van der Waals surface area contributed by atoms with E-state index in [4.69, 9.17) is 0 Å². The van der Waals surface area contributed by atoms with Crippen LogP contribution in [-0.2, 0) is 11.2 Å². The van der Waals surface area contributed by atoms with Crippen molar-refractivity contribution in [3.05, 3.63) is 51.7 Å². The number of fused-ring (bicyclic) bond motifs is 1. The fraction of sp³-hybridized carbons (Fsp3) is 0.278. The first-order valence-corrected chi connectivity index (χ1v) is 9.85. The molecule has 25 heavy (non-hydrogen) atoms. The molecule has 0 spiro atoms. The Balaban J connectivity index is 1.31. The lowest BCUT2D eigenvalue weighted by Crippen LogP contribution is -2.28. The number of carbonyl (C=O) groups excluding carboxylic acids is 2. The molecular formula is C18H19N3O2S2. The molecule has 0 aliphatic carbocycles. The van der Waals surface area contributed by atoms with Gasteiger partial charge in [0.2, 0.25) is 5.91 Å². The van der Waals surface area contributed by atoms with Crippen molar-refractivity contribution in [3.8, 4) is 0 Å². The second-order valence-corrected chi connectivity index (χ2v) is 7.57. The summed E-state index contributed by atoms with van der Waals surface area (Å²) >= 11 is 3.07. The minimum Gasteiger partial charge on any atom is -0.356 e. The maximum absolute atomic E-state index is 11.8. The molecule has 0 radical (unpaired) electrons. The SMILES string of the molecule is O=C(CCCNC(=O)c1cccs1)NCCc1nc2ccccc2s1. The molecule has 0 saturated carbocycles. The molecule has 3 rings (SSSR count). The van der Waals surface area contributed by atoms with Gasteiger partial charge in [0.05, 0.1) is 20.1 Å². The summed E-state index contributed by atoms with van der Waals surface area (Å²) in [5.41, 5.74) is 1.01. The van der Waals surface area contributed by atoms with Crippen LogP contribution in [0.4, 0.5) is 0 Å². The van der Waals surface area contributed by atoms with Gasteiger partial charge in [0, 0.05) is 25.9 Å². The molecule has 5 nitrogen and oxygen atoms in total. The Labute approximate surface area is 154 Å². The van der Waals surface area contributed by atoms with Gasteiger partial charge in [-0.3, -0.25) is 9.59 Å². The molecule has 2 amide bonds. The average Bonchev–Trinajstić information content (AvgIpc) is 3.27. The lowest BCUT2D eigenvalue weighted by Gasteiger charge is -2.05. The van der Waals surface area contributed by atoms with E-state index in [0.717, 1.165) is 16.9 Å². The number of para-hydroxylation sites is 1. The van der Waals surface area contributed by atoms with Crippen molar-refractivity contribution in [2.75, 3.05) is 13.1 Å². The third kappa shape index (κ3) is 5.11. The van der Waals surface area contributed by atoms with E-state index in [1.54, 1.807) is 17.4 Å². The normalized spacial score (nSPS) is 10.7. The number of aromatic nitrogens is 1. The van der Waals surface area contributed by atoms with E-state index >= 15 is 0 Å². The van der Waals surface area contributed by atoms with Crippen molar-refractivity contribution in [2.24, 2.45) is 0 Å². The second-order valence-electron chi connectivity index (χ2n) is 5.51. The monoisotopic (exact) mass is 373 g/mol. The molecule has 0 fully saturated rings. The van der Waals surface area contributed by atoms with E-state index in [0.29, 0.717) is 30.8 Å². The summed E-state index contributed by atoms with van der Waals surface area (Å²) < 4.78 is 1.17. The van der Waals surface area contributed by atoms with Crippen LogP contribution in [0.15, 0.2) is 41.8 Å². The highest BCUT2D eigenvalue weighted by Crippen LogP contribution is 2.21. The Bertz CT molecular complexity index is 810. The fourth-order valence-electron chi connectivity index (χ4n) is 2.37. The predicted molar refractivity (Wildman–Crippen MR) is 102 cm³/mol. The van der Waals surface area contributed by atoms with Crippen molar-refractivity contribution in [3.63, 3.8) is 0 Å². The van der Waals surface area contributed by atoms with E-state index in [1.165, 1.54) is 16.0 Å². The van der Waals surface area contributed by atoms with Gasteiger partial charge in [0.1, 0.15) is 0 Å². The number of nitrogens with one attached hydrogen (secondary N) is 2. The van der Waals surface area contributed by atoms with Gasteiger partial charge in [-0.1, -0.05) is 18.2 Å². The van der Waals surface area contributed by atoms with Crippen LogP contribution in [0, 0.1) is 0 Å². The lowest BCUT2D eigenvalue weighted by atomic mass is 10.3. The molecule has 0 unspecified atom stereocenters. The Hall–Kier alpha value is -2.25. The first-order valence-electron chi connectivity index (χ1n) is 8.15. The van der Waals surface area contributed by atoms with E-state index in [9.17, 15) is 9.59 Å². The minimum atomic E-state index is -0.0776. The second kappa shape index (κ2) is 8.73. The standard InChI is InChI=1S/C18H19N3O2S2/c22-16(8-3-10-20-18(23)15-7-4-12-24-15)19-11-9-17-21-13-5-1-2-6-14(13)25-17/h1-2,4-7,12H,3,8-11H2,(H,19,22)(H,20,23). The fourth-order valence-corrected chi connectivity index (χ4v) is 3.98. The summed E-state index contributed by atoms with van der Waals surface area (Å²) in [5.74, 6) is -0.0715. The van der Waals surface area contributed by atoms with Crippen LogP contribution in [0.3, 0.4) is 0 Å². The maximum Gasteiger partial charge on any atom is 0.261 e. The number of thiazole rings is 1. The van der Waals surface area contributed by atoms with Gasteiger partial charge in [-0.15, -0.1) is 22.7 Å². The van der Waals surface area contributed by atoms with Gasteiger partial charge in [0.15, 0.2) is 0 Å². The zero-order chi connectivity index (χ0) is 17.5. The summed E-state index contributed by atoms with van der Waals surface area (Å²) in [5, 5.41) is 8.63. The summed E-state index contributed by atoms with van der Waals surface area (Å²) in [4.78, 5) is 28.8. The average molecular weight is 374 g/mol. The molecule has 0 saturated heterocycles. The van der Waals surface area contributed by atoms with Crippen LogP contribution in [0.1, 0.15) is 27.5 Å². The van der Waals surface area contributed by atoms with Crippen LogP contribution in [0.5, 0.6) is 0 Å². The molecular weight excluding hydrogens is 354 g/mol. The third-order valence-electron chi connectivity index (χ3n) is 3.61. The van der Waals surface area contributed by atoms with Gasteiger partial charge in [-0.25, -0.2) is 4.98 Å².